The molecule has 4 unspecified atom stereocenters. The first-order valence-electron chi connectivity index (χ1n) is 11.4. The summed E-state index contributed by atoms with van der Waals surface area (Å²) in [5, 5.41) is 14.8. The van der Waals surface area contributed by atoms with Crippen LogP contribution >= 0.6 is 0 Å². The van der Waals surface area contributed by atoms with E-state index in [1.54, 1.807) is 6.20 Å². The van der Waals surface area contributed by atoms with E-state index >= 15 is 0 Å². The number of carbonyl (C=O) groups is 4. The van der Waals surface area contributed by atoms with Crippen molar-refractivity contribution in [1.82, 2.24) is 25.5 Å². The Morgan fingerprint density at radius 3 is 2.45 bits per heavy atom. The van der Waals surface area contributed by atoms with Gasteiger partial charge in [-0.05, 0) is 31.1 Å². The van der Waals surface area contributed by atoms with Gasteiger partial charge in [-0.15, -0.1) is 0 Å². The Kier molecular flexibility index (Phi) is 9.39. The molecule has 2 rings (SSSR count). The first kappa shape index (κ1) is 26.3. The van der Waals surface area contributed by atoms with Gasteiger partial charge in [0.15, 0.2) is 0 Å². The standard InChI is InChI=1S/C22H36N6O5/c1-12(2)8-16(22(32)33)27-19(29)17-6-5-7-28(17)21(31)15(9-14-10-24-11-25-14)26-20(30)18(23)13(3)4/h10-13,15-18H,5-9,23H2,1-4H3,(H,24,25)(H,26,30)(H,27,29)(H,32,33). The minimum atomic E-state index is -1.11. The van der Waals surface area contributed by atoms with E-state index in [4.69, 9.17) is 5.73 Å². The number of hydrogen-bond acceptors (Lipinski definition) is 6. The Bertz CT molecular complexity index is 825. The summed E-state index contributed by atoms with van der Waals surface area (Å²) in [6, 6.07) is -3.56. The maximum absolute atomic E-state index is 13.5. The van der Waals surface area contributed by atoms with Crippen LogP contribution < -0.4 is 16.4 Å². The highest BCUT2D eigenvalue weighted by Crippen LogP contribution is 2.20. The lowest BCUT2D eigenvalue weighted by molar-refractivity contribution is -0.145. The average molecular weight is 465 g/mol. The molecule has 1 aromatic heterocycles. The normalized spacial score (nSPS) is 18.8. The van der Waals surface area contributed by atoms with Crippen molar-refractivity contribution >= 4 is 23.7 Å². The Morgan fingerprint density at radius 2 is 1.91 bits per heavy atom. The summed E-state index contributed by atoms with van der Waals surface area (Å²) in [6.07, 6.45) is 4.50. The van der Waals surface area contributed by atoms with Crippen molar-refractivity contribution in [3.05, 3.63) is 18.2 Å². The summed E-state index contributed by atoms with van der Waals surface area (Å²) in [5.74, 6) is -2.52. The number of nitrogens with zero attached hydrogens (tertiary/aromatic N) is 2. The van der Waals surface area contributed by atoms with Gasteiger partial charge in [-0.2, -0.15) is 0 Å². The second-order valence-corrected chi connectivity index (χ2v) is 9.33. The third-order valence-electron chi connectivity index (χ3n) is 5.77. The number of hydrogen-bond donors (Lipinski definition) is 5. The Morgan fingerprint density at radius 1 is 1.21 bits per heavy atom. The molecule has 0 aromatic carbocycles. The molecule has 0 bridgehead atoms. The monoisotopic (exact) mass is 464 g/mol. The maximum atomic E-state index is 13.5. The average Bonchev–Trinajstić information content (AvgIpc) is 3.43. The van der Waals surface area contributed by atoms with E-state index < -0.39 is 47.9 Å². The molecule has 0 aliphatic carbocycles. The van der Waals surface area contributed by atoms with E-state index in [2.05, 4.69) is 20.6 Å². The Labute approximate surface area is 193 Å². The van der Waals surface area contributed by atoms with Gasteiger partial charge in [0.2, 0.25) is 17.7 Å². The molecule has 184 valence electrons. The fourth-order valence-corrected chi connectivity index (χ4v) is 3.85. The molecule has 0 spiro atoms. The van der Waals surface area contributed by atoms with Crippen molar-refractivity contribution < 1.29 is 24.3 Å². The quantitative estimate of drug-likeness (QED) is 0.307. The molecule has 1 saturated heterocycles. The molecule has 3 amide bonds. The summed E-state index contributed by atoms with van der Waals surface area (Å²) >= 11 is 0. The Hall–Kier alpha value is -2.95. The van der Waals surface area contributed by atoms with Crippen molar-refractivity contribution in [2.75, 3.05) is 6.54 Å². The van der Waals surface area contributed by atoms with Gasteiger partial charge in [0.05, 0.1) is 12.4 Å². The molecule has 6 N–H and O–H groups in total. The summed E-state index contributed by atoms with van der Waals surface area (Å²) in [6.45, 7) is 7.71. The van der Waals surface area contributed by atoms with Crippen molar-refractivity contribution in [2.24, 2.45) is 17.6 Å². The first-order valence-corrected chi connectivity index (χ1v) is 11.4. The van der Waals surface area contributed by atoms with Crippen LogP contribution in [0, 0.1) is 11.8 Å². The van der Waals surface area contributed by atoms with E-state index in [0.29, 0.717) is 25.1 Å². The molecule has 0 saturated carbocycles. The smallest absolute Gasteiger partial charge is 0.326 e. The van der Waals surface area contributed by atoms with Gasteiger partial charge in [-0.25, -0.2) is 9.78 Å². The van der Waals surface area contributed by atoms with Gasteiger partial charge in [-0.3, -0.25) is 14.4 Å². The van der Waals surface area contributed by atoms with Gasteiger partial charge in [0, 0.05) is 24.9 Å². The van der Waals surface area contributed by atoms with Gasteiger partial charge in [0.1, 0.15) is 18.1 Å². The van der Waals surface area contributed by atoms with E-state index in [9.17, 15) is 24.3 Å². The van der Waals surface area contributed by atoms with Crippen LogP contribution in [0.3, 0.4) is 0 Å². The number of nitrogens with two attached hydrogens (primary N) is 1. The molecule has 1 fully saturated rings. The highest BCUT2D eigenvalue weighted by atomic mass is 16.4. The number of carboxylic acids is 1. The molecule has 1 aliphatic heterocycles. The van der Waals surface area contributed by atoms with Gasteiger partial charge in [-0.1, -0.05) is 27.7 Å². The van der Waals surface area contributed by atoms with Crippen LogP contribution in [-0.4, -0.2) is 74.4 Å². The van der Waals surface area contributed by atoms with Crippen LogP contribution in [0.4, 0.5) is 0 Å². The van der Waals surface area contributed by atoms with Crippen molar-refractivity contribution in [1.29, 1.82) is 0 Å². The number of carboxylic acid groups (broad SMARTS) is 1. The predicted molar refractivity (Wildman–Crippen MR) is 121 cm³/mol. The summed E-state index contributed by atoms with van der Waals surface area (Å²) < 4.78 is 0. The van der Waals surface area contributed by atoms with Crippen molar-refractivity contribution in [3.63, 3.8) is 0 Å². The van der Waals surface area contributed by atoms with Crippen molar-refractivity contribution in [3.8, 4) is 0 Å². The molecular weight excluding hydrogens is 428 g/mol. The van der Waals surface area contributed by atoms with Crippen molar-refractivity contribution in [2.45, 2.75) is 77.5 Å². The minimum absolute atomic E-state index is 0.0758. The summed E-state index contributed by atoms with van der Waals surface area (Å²) in [7, 11) is 0. The highest BCUT2D eigenvalue weighted by molar-refractivity contribution is 5.94. The highest BCUT2D eigenvalue weighted by Gasteiger charge is 2.39. The lowest BCUT2D eigenvalue weighted by atomic mass is 10.0. The lowest BCUT2D eigenvalue weighted by Crippen LogP contribution is -2.57. The third-order valence-corrected chi connectivity index (χ3v) is 5.77. The molecule has 33 heavy (non-hydrogen) atoms. The van der Waals surface area contributed by atoms with Crippen LogP contribution in [0.25, 0.3) is 0 Å². The van der Waals surface area contributed by atoms with Crippen LogP contribution in [0.2, 0.25) is 0 Å². The molecule has 1 aliphatic rings. The number of nitrogens with one attached hydrogen (secondary N) is 3. The number of aliphatic carboxylic acids is 1. The number of amides is 3. The van der Waals surface area contributed by atoms with Crippen LogP contribution in [0.1, 0.15) is 52.7 Å². The third kappa shape index (κ3) is 7.28. The van der Waals surface area contributed by atoms with E-state index in [1.807, 2.05) is 27.7 Å². The van der Waals surface area contributed by atoms with E-state index in [-0.39, 0.29) is 24.7 Å². The number of H-pyrrole nitrogens is 1. The fraction of sp³-hybridized carbons (Fsp3) is 0.682. The predicted octanol–water partition coefficient (Wildman–Crippen LogP) is 0.0268. The van der Waals surface area contributed by atoms with Gasteiger partial charge < -0.3 is 31.4 Å². The topological polar surface area (TPSA) is 171 Å². The van der Waals surface area contributed by atoms with E-state index in [1.165, 1.54) is 11.2 Å². The Balaban J connectivity index is 2.18. The largest absolute Gasteiger partial charge is 0.480 e. The molecule has 11 heteroatoms. The minimum Gasteiger partial charge on any atom is -0.480 e. The first-order chi connectivity index (χ1) is 15.5. The zero-order chi connectivity index (χ0) is 24.7. The summed E-state index contributed by atoms with van der Waals surface area (Å²) in [4.78, 5) is 58.8. The molecular formula is C22H36N6O5. The molecule has 1 aromatic rings. The molecule has 4 atom stereocenters. The fourth-order valence-electron chi connectivity index (χ4n) is 3.85. The zero-order valence-electron chi connectivity index (χ0n) is 19.7. The second kappa shape index (κ2) is 11.8. The number of rotatable bonds is 11. The maximum Gasteiger partial charge on any atom is 0.326 e. The SMILES string of the molecule is CC(C)CC(NC(=O)C1CCCN1C(=O)C(Cc1cnc[nH]1)NC(=O)C(N)C(C)C)C(=O)O. The number of imidazole rings is 1. The summed E-state index contributed by atoms with van der Waals surface area (Å²) in [5.41, 5.74) is 6.60. The van der Waals surface area contributed by atoms with E-state index in [0.717, 1.165) is 0 Å². The number of carbonyl (C=O) groups excluding carboxylic acids is 3. The van der Waals surface area contributed by atoms with Gasteiger partial charge >= 0.3 is 5.97 Å². The zero-order valence-corrected chi connectivity index (χ0v) is 19.7. The van der Waals surface area contributed by atoms with Crippen LogP contribution in [-0.2, 0) is 25.6 Å². The molecule has 0 radical (unpaired) electrons. The number of aromatic nitrogens is 2. The number of likely N-dealkylation sites (tertiary alicyclic amines) is 1. The molecule has 2 heterocycles. The lowest BCUT2D eigenvalue weighted by Gasteiger charge is -2.30. The molecule has 11 nitrogen and oxygen atoms in total. The second-order valence-electron chi connectivity index (χ2n) is 9.33. The van der Waals surface area contributed by atoms with Gasteiger partial charge in [0.25, 0.3) is 0 Å². The number of aromatic amines is 1. The van der Waals surface area contributed by atoms with Crippen LogP contribution in [0.15, 0.2) is 12.5 Å². The van der Waals surface area contributed by atoms with Crippen LogP contribution in [0.5, 0.6) is 0 Å².